The first kappa shape index (κ1) is 23.4. The van der Waals surface area contributed by atoms with Gasteiger partial charge in [-0.1, -0.05) is 30.3 Å². The third-order valence-electron chi connectivity index (χ3n) is 6.47. The molecule has 0 aliphatic carbocycles. The van der Waals surface area contributed by atoms with Crippen LogP contribution in [0.15, 0.2) is 53.6 Å². The minimum absolute atomic E-state index is 0.0229. The predicted molar refractivity (Wildman–Crippen MR) is 118 cm³/mol. The monoisotopic (exact) mass is 461 g/mol. The van der Waals surface area contributed by atoms with E-state index in [4.69, 9.17) is 0 Å². The summed E-state index contributed by atoms with van der Waals surface area (Å²) in [5.74, 6) is -4.21. The lowest BCUT2D eigenvalue weighted by atomic mass is 9.80. The Labute approximate surface area is 190 Å². The first-order valence-electron chi connectivity index (χ1n) is 11.2. The van der Waals surface area contributed by atoms with Gasteiger partial charge in [0.15, 0.2) is 0 Å². The number of hydrogen-bond donors (Lipinski definition) is 0. The fraction of sp³-hybridized carbons (Fsp3) is 0.440. The molecule has 0 radical (unpaired) electrons. The van der Waals surface area contributed by atoms with Crippen LogP contribution in [-0.2, 0) is 10.3 Å². The lowest BCUT2D eigenvalue weighted by Gasteiger charge is -2.38. The second-order valence-corrected chi connectivity index (χ2v) is 8.92. The Morgan fingerprint density at radius 3 is 2.58 bits per heavy atom. The van der Waals surface area contributed by atoms with Crippen molar-refractivity contribution in [1.29, 1.82) is 0 Å². The molecule has 176 valence electrons. The lowest BCUT2D eigenvalue weighted by molar-refractivity contribution is -0.135. The summed E-state index contributed by atoms with van der Waals surface area (Å²) in [6.07, 6.45) is 1.55. The molecule has 0 spiro atoms. The molecule has 2 aliphatic heterocycles. The smallest absolute Gasteiger partial charge is 0.260 e. The summed E-state index contributed by atoms with van der Waals surface area (Å²) in [6.45, 7) is 2.19. The quantitative estimate of drug-likeness (QED) is 0.546. The number of carbonyl (C=O) groups is 1. The number of hydrazone groups is 1. The molecule has 2 heterocycles. The van der Waals surface area contributed by atoms with Gasteiger partial charge in [-0.05, 0) is 56.1 Å². The van der Waals surface area contributed by atoms with Crippen molar-refractivity contribution in [2.45, 2.75) is 50.5 Å². The summed E-state index contributed by atoms with van der Waals surface area (Å²) in [6, 6.07) is 12.5. The summed E-state index contributed by atoms with van der Waals surface area (Å²) >= 11 is 0. The molecular formula is C25H27F4N3O. The number of carbonyl (C=O) groups excluding carboxylic acids is 1. The lowest BCUT2D eigenvalue weighted by Crippen LogP contribution is -2.45. The highest BCUT2D eigenvalue weighted by Gasteiger charge is 2.46. The third kappa shape index (κ3) is 4.95. The summed E-state index contributed by atoms with van der Waals surface area (Å²) in [7, 11) is 0. The van der Waals surface area contributed by atoms with Crippen molar-refractivity contribution in [2.75, 3.05) is 19.6 Å². The van der Waals surface area contributed by atoms with Gasteiger partial charge in [0, 0.05) is 25.3 Å². The normalized spacial score (nSPS) is 22.9. The van der Waals surface area contributed by atoms with Gasteiger partial charge < -0.3 is 0 Å². The van der Waals surface area contributed by atoms with E-state index in [2.05, 4.69) is 5.10 Å². The molecule has 2 aliphatic rings. The van der Waals surface area contributed by atoms with E-state index < -0.39 is 23.1 Å². The van der Waals surface area contributed by atoms with E-state index in [1.54, 1.807) is 4.90 Å². The highest BCUT2D eigenvalue weighted by Crippen LogP contribution is 2.43. The van der Waals surface area contributed by atoms with Crippen molar-refractivity contribution in [3.63, 3.8) is 0 Å². The van der Waals surface area contributed by atoms with Gasteiger partial charge in [-0.3, -0.25) is 9.69 Å². The van der Waals surface area contributed by atoms with E-state index in [0.29, 0.717) is 32.4 Å². The zero-order chi connectivity index (χ0) is 23.6. The number of nitrogens with zero attached hydrogens (tertiary/aromatic N) is 3. The van der Waals surface area contributed by atoms with Crippen LogP contribution in [0.2, 0.25) is 0 Å². The van der Waals surface area contributed by atoms with E-state index in [-0.39, 0.29) is 36.6 Å². The number of alkyl halides is 2. The van der Waals surface area contributed by atoms with E-state index >= 15 is 0 Å². The van der Waals surface area contributed by atoms with Gasteiger partial charge in [-0.15, -0.1) is 0 Å². The molecule has 2 aromatic rings. The van der Waals surface area contributed by atoms with Crippen molar-refractivity contribution in [3.8, 4) is 0 Å². The number of halogens is 4. The number of rotatable bonds is 6. The van der Waals surface area contributed by atoms with Crippen LogP contribution in [0, 0.1) is 11.6 Å². The molecule has 0 unspecified atom stereocenters. The van der Waals surface area contributed by atoms with Crippen LogP contribution in [0.4, 0.5) is 17.6 Å². The minimum Gasteiger partial charge on any atom is -0.297 e. The summed E-state index contributed by atoms with van der Waals surface area (Å²) < 4.78 is 56.1. The maximum atomic E-state index is 14.5. The number of benzene rings is 2. The molecule has 0 N–H and O–H groups in total. The van der Waals surface area contributed by atoms with E-state index in [0.717, 1.165) is 23.8 Å². The molecule has 2 aromatic carbocycles. The molecule has 0 aromatic heterocycles. The van der Waals surface area contributed by atoms with Crippen LogP contribution in [0.3, 0.4) is 0 Å². The average molecular weight is 462 g/mol. The molecule has 1 atom stereocenters. The third-order valence-corrected chi connectivity index (χ3v) is 6.47. The molecule has 0 saturated carbocycles. The van der Waals surface area contributed by atoms with Crippen molar-refractivity contribution in [3.05, 3.63) is 71.3 Å². The molecule has 1 saturated heterocycles. The van der Waals surface area contributed by atoms with E-state index in [9.17, 15) is 22.4 Å². The van der Waals surface area contributed by atoms with Gasteiger partial charge in [0.1, 0.15) is 11.6 Å². The number of hydrogen-bond acceptors (Lipinski definition) is 3. The van der Waals surface area contributed by atoms with Gasteiger partial charge in [-0.2, -0.15) is 5.10 Å². The average Bonchev–Trinajstić information content (AvgIpc) is 3.16. The van der Waals surface area contributed by atoms with Gasteiger partial charge in [0.05, 0.1) is 17.8 Å². The van der Waals surface area contributed by atoms with E-state index in [1.807, 2.05) is 30.3 Å². The van der Waals surface area contributed by atoms with Gasteiger partial charge in [-0.25, -0.2) is 22.6 Å². The molecule has 4 rings (SSSR count). The number of piperidine rings is 1. The number of likely N-dealkylation sites (tertiary alicyclic amines) is 1. The van der Waals surface area contributed by atoms with E-state index in [1.165, 1.54) is 11.9 Å². The van der Waals surface area contributed by atoms with Crippen molar-refractivity contribution in [1.82, 2.24) is 9.91 Å². The molecule has 4 nitrogen and oxygen atoms in total. The topological polar surface area (TPSA) is 35.9 Å². The van der Waals surface area contributed by atoms with Crippen molar-refractivity contribution in [2.24, 2.45) is 5.10 Å². The second kappa shape index (κ2) is 9.25. The second-order valence-electron chi connectivity index (χ2n) is 8.92. The van der Waals surface area contributed by atoms with Crippen LogP contribution >= 0.6 is 0 Å². The zero-order valence-corrected chi connectivity index (χ0v) is 18.5. The first-order valence-corrected chi connectivity index (χ1v) is 11.2. The van der Waals surface area contributed by atoms with Gasteiger partial charge >= 0.3 is 0 Å². The van der Waals surface area contributed by atoms with Crippen LogP contribution in [0.5, 0.6) is 0 Å². The zero-order valence-electron chi connectivity index (χ0n) is 18.5. The van der Waals surface area contributed by atoms with Gasteiger partial charge in [0.2, 0.25) is 5.91 Å². The maximum absolute atomic E-state index is 14.5. The van der Waals surface area contributed by atoms with Crippen LogP contribution in [0.1, 0.15) is 50.2 Å². The largest absolute Gasteiger partial charge is 0.297 e. The molecule has 8 heteroatoms. The Balaban J connectivity index is 1.63. The standard InChI is InChI=1S/C25H27F4N3O/c1-18(33)32-24(19-7-3-2-4-8-19,11-5-13-31-14-6-12-25(28,29)17-31)16-23(30-32)21-15-20(26)9-10-22(21)27/h2-4,7-10,15H,5-6,11-14,16-17H2,1H3/t24-/m0/s1. The first-order chi connectivity index (χ1) is 15.7. The molecular weight excluding hydrogens is 434 g/mol. The maximum Gasteiger partial charge on any atom is 0.260 e. The SMILES string of the molecule is CC(=O)N1N=C(c2cc(F)ccc2F)C[C@@]1(CCCN1CCCC(F)(F)C1)c1ccccc1. The molecule has 0 bridgehead atoms. The molecule has 33 heavy (non-hydrogen) atoms. The highest BCUT2D eigenvalue weighted by molar-refractivity contribution is 6.03. The summed E-state index contributed by atoms with van der Waals surface area (Å²) in [4.78, 5) is 14.4. The number of amides is 1. The predicted octanol–water partition coefficient (Wildman–Crippen LogP) is 5.33. The Hall–Kier alpha value is -2.74. The van der Waals surface area contributed by atoms with Crippen LogP contribution < -0.4 is 0 Å². The fourth-order valence-electron chi connectivity index (χ4n) is 4.99. The van der Waals surface area contributed by atoms with Crippen LogP contribution in [0.25, 0.3) is 0 Å². The Bertz CT molecular complexity index is 1040. The van der Waals surface area contributed by atoms with Crippen molar-refractivity contribution >= 4 is 11.6 Å². The molecule has 1 fully saturated rings. The Morgan fingerprint density at radius 1 is 1.12 bits per heavy atom. The summed E-state index contributed by atoms with van der Waals surface area (Å²) in [5, 5.41) is 5.79. The molecule has 1 amide bonds. The fourth-order valence-corrected chi connectivity index (χ4v) is 4.99. The Morgan fingerprint density at radius 2 is 1.88 bits per heavy atom. The highest BCUT2D eigenvalue weighted by atomic mass is 19.3. The Kier molecular flexibility index (Phi) is 6.56. The van der Waals surface area contributed by atoms with Crippen LogP contribution in [-0.4, -0.2) is 47.1 Å². The minimum atomic E-state index is -2.68. The van der Waals surface area contributed by atoms with Crippen molar-refractivity contribution < 1.29 is 22.4 Å². The van der Waals surface area contributed by atoms with Gasteiger partial charge in [0.25, 0.3) is 5.92 Å². The summed E-state index contributed by atoms with van der Waals surface area (Å²) in [5.41, 5.74) is 0.226.